The first-order valence-electron chi connectivity index (χ1n) is 12.2. The van der Waals surface area contributed by atoms with Crippen LogP contribution < -0.4 is 9.47 Å². The highest BCUT2D eigenvalue weighted by molar-refractivity contribution is 6.43. The molecule has 0 radical (unpaired) electrons. The summed E-state index contributed by atoms with van der Waals surface area (Å²) in [5, 5.41) is 11.9. The van der Waals surface area contributed by atoms with Gasteiger partial charge in [0.15, 0.2) is 6.29 Å². The molecule has 202 valence electrons. The van der Waals surface area contributed by atoms with Gasteiger partial charge in [-0.1, -0.05) is 53.5 Å². The average molecular weight is 572 g/mol. The van der Waals surface area contributed by atoms with E-state index in [2.05, 4.69) is 0 Å². The highest BCUT2D eigenvalue weighted by Gasteiger charge is 2.56. The fourth-order valence-electron chi connectivity index (χ4n) is 5.04. The number of nitrogens with zero attached hydrogens (tertiary/aromatic N) is 1. The van der Waals surface area contributed by atoms with E-state index in [4.69, 9.17) is 46.9 Å². The molecule has 39 heavy (non-hydrogen) atoms. The van der Waals surface area contributed by atoms with Crippen LogP contribution in [0, 0.1) is 0 Å². The van der Waals surface area contributed by atoms with Gasteiger partial charge >= 0.3 is 0 Å². The highest BCUT2D eigenvalue weighted by Crippen LogP contribution is 2.40. The van der Waals surface area contributed by atoms with Gasteiger partial charge in [0.05, 0.1) is 34.9 Å². The third kappa shape index (κ3) is 4.65. The van der Waals surface area contributed by atoms with Crippen molar-refractivity contribution < 1.29 is 38.4 Å². The van der Waals surface area contributed by atoms with E-state index in [9.17, 15) is 14.7 Å². The number of halogens is 2. The van der Waals surface area contributed by atoms with Crippen molar-refractivity contribution in [2.45, 2.75) is 36.9 Å². The lowest BCUT2D eigenvalue weighted by molar-refractivity contribution is -0.338. The van der Waals surface area contributed by atoms with Crippen LogP contribution in [-0.4, -0.2) is 66.2 Å². The van der Waals surface area contributed by atoms with Crippen molar-refractivity contribution in [3.05, 3.63) is 93.5 Å². The lowest BCUT2D eigenvalue weighted by Crippen LogP contribution is -2.68. The number of imide groups is 1. The van der Waals surface area contributed by atoms with Crippen molar-refractivity contribution >= 4 is 35.0 Å². The van der Waals surface area contributed by atoms with Gasteiger partial charge in [-0.15, -0.1) is 0 Å². The number of aliphatic hydroxyl groups excluding tert-OH is 1. The van der Waals surface area contributed by atoms with E-state index >= 15 is 0 Å². The molecule has 0 spiro atoms. The number of carbonyl (C=O) groups is 2. The minimum atomic E-state index is -1.38. The van der Waals surface area contributed by atoms with Crippen LogP contribution in [0.1, 0.15) is 32.6 Å². The normalized spacial score (nSPS) is 28.2. The third-order valence-corrected chi connectivity index (χ3v) is 7.70. The molecule has 1 N–H and O–H groups in total. The van der Waals surface area contributed by atoms with E-state index < -0.39 is 48.7 Å². The van der Waals surface area contributed by atoms with E-state index in [1.54, 1.807) is 31.4 Å². The van der Waals surface area contributed by atoms with E-state index in [1.165, 1.54) is 12.1 Å². The van der Waals surface area contributed by atoms with Crippen LogP contribution in [-0.2, 0) is 14.2 Å². The van der Waals surface area contributed by atoms with Gasteiger partial charge < -0.3 is 28.8 Å². The van der Waals surface area contributed by atoms with E-state index in [1.807, 2.05) is 30.3 Å². The largest absolute Gasteiger partial charge is 0.497 e. The zero-order chi connectivity index (χ0) is 27.3. The lowest BCUT2D eigenvalue weighted by atomic mass is 9.94. The van der Waals surface area contributed by atoms with Gasteiger partial charge in [-0.3, -0.25) is 14.5 Å². The van der Waals surface area contributed by atoms with Crippen LogP contribution in [0.4, 0.5) is 0 Å². The molecule has 0 unspecified atom stereocenters. The van der Waals surface area contributed by atoms with Gasteiger partial charge in [0.1, 0.15) is 35.9 Å². The Kier molecular flexibility index (Phi) is 6.96. The first kappa shape index (κ1) is 26.1. The maximum atomic E-state index is 13.5. The topological polar surface area (TPSA) is 104 Å². The Morgan fingerprint density at radius 3 is 2.13 bits per heavy atom. The summed E-state index contributed by atoms with van der Waals surface area (Å²) >= 11 is 12.3. The van der Waals surface area contributed by atoms with Gasteiger partial charge in [0.2, 0.25) is 6.29 Å². The summed E-state index contributed by atoms with van der Waals surface area (Å²) in [7, 11) is 1.54. The molecule has 0 bridgehead atoms. The van der Waals surface area contributed by atoms with Crippen LogP contribution in [0.25, 0.3) is 0 Å². The number of hydrogen-bond donors (Lipinski definition) is 1. The molecule has 0 aliphatic carbocycles. The number of methoxy groups -OCH3 is 1. The van der Waals surface area contributed by atoms with Gasteiger partial charge in [-0.05, 0) is 36.4 Å². The Morgan fingerprint density at radius 2 is 1.51 bits per heavy atom. The molecule has 2 amide bonds. The third-order valence-electron chi connectivity index (χ3n) is 6.97. The smallest absolute Gasteiger partial charge is 0.262 e. The average Bonchev–Trinajstić information content (AvgIpc) is 3.18. The molecule has 3 aliphatic heterocycles. The number of benzene rings is 3. The minimum Gasteiger partial charge on any atom is -0.497 e. The standard InChI is InChI=1S/C28H23Cl2NO8/c1-35-15-7-9-16(10-8-15)37-28-22(31-25(33)17-11-19(29)20(30)12-18(17)26(31)34)23(32)24-21(38-28)13-36-27(39-24)14-5-3-2-4-6-14/h2-12,21-24,27-28,32H,13H2,1H3/t21-,22-,23-,24-,27-,28-/m1/s1. The summed E-state index contributed by atoms with van der Waals surface area (Å²) < 4.78 is 29.5. The summed E-state index contributed by atoms with van der Waals surface area (Å²) in [5.41, 5.74) is 0.894. The number of aliphatic hydroxyl groups is 1. The Balaban J connectivity index is 1.35. The van der Waals surface area contributed by atoms with Gasteiger partial charge in [-0.2, -0.15) is 0 Å². The molecule has 3 aromatic rings. The quantitative estimate of drug-likeness (QED) is 0.453. The second-order valence-corrected chi connectivity index (χ2v) is 10.1. The summed E-state index contributed by atoms with van der Waals surface area (Å²) in [4.78, 5) is 28.0. The monoisotopic (exact) mass is 571 g/mol. The molecule has 3 aliphatic rings. The van der Waals surface area contributed by atoms with Crippen LogP contribution in [0.15, 0.2) is 66.7 Å². The number of carbonyl (C=O) groups excluding carboxylic acids is 2. The number of ether oxygens (including phenoxy) is 5. The molecule has 2 fully saturated rings. The summed E-state index contributed by atoms with van der Waals surface area (Å²) in [5.74, 6) is -0.331. The van der Waals surface area contributed by atoms with Crippen molar-refractivity contribution in [1.29, 1.82) is 0 Å². The molecule has 6 rings (SSSR count). The molecule has 6 atom stereocenters. The maximum Gasteiger partial charge on any atom is 0.262 e. The molecule has 0 aromatic heterocycles. The van der Waals surface area contributed by atoms with E-state index in [0.29, 0.717) is 11.5 Å². The Morgan fingerprint density at radius 1 is 0.897 bits per heavy atom. The second kappa shape index (κ2) is 10.4. The fraction of sp³-hybridized carbons (Fsp3) is 0.286. The van der Waals surface area contributed by atoms with Crippen molar-refractivity contribution in [3.63, 3.8) is 0 Å². The zero-order valence-electron chi connectivity index (χ0n) is 20.5. The minimum absolute atomic E-state index is 0.0713. The predicted octanol–water partition coefficient (Wildman–Crippen LogP) is 4.25. The predicted molar refractivity (Wildman–Crippen MR) is 139 cm³/mol. The summed E-state index contributed by atoms with van der Waals surface area (Å²) in [6, 6.07) is 17.3. The van der Waals surface area contributed by atoms with Crippen molar-refractivity contribution in [2.75, 3.05) is 13.7 Å². The Hall–Kier alpha value is -3.18. The number of hydrogen-bond acceptors (Lipinski definition) is 8. The molecule has 3 aromatic carbocycles. The molecule has 3 heterocycles. The Labute approximate surface area is 233 Å². The molecule has 11 heteroatoms. The van der Waals surface area contributed by atoms with Crippen molar-refractivity contribution in [2.24, 2.45) is 0 Å². The van der Waals surface area contributed by atoms with Crippen LogP contribution in [0.3, 0.4) is 0 Å². The number of rotatable bonds is 5. The maximum absolute atomic E-state index is 13.5. The SMILES string of the molecule is COc1ccc(O[C@@H]2O[C@@H]3CO[C@@H](c4ccccc4)O[C@H]3[C@H](O)[C@H]2N2C(=O)c3cc(Cl)c(Cl)cc3C2=O)cc1. The van der Waals surface area contributed by atoms with Gasteiger partial charge in [-0.25, -0.2) is 0 Å². The second-order valence-electron chi connectivity index (χ2n) is 9.29. The zero-order valence-corrected chi connectivity index (χ0v) is 22.0. The molecule has 0 saturated carbocycles. The van der Waals surface area contributed by atoms with Crippen LogP contribution >= 0.6 is 23.2 Å². The fourth-order valence-corrected chi connectivity index (χ4v) is 5.37. The molecular weight excluding hydrogens is 549 g/mol. The van der Waals surface area contributed by atoms with Crippen LogP contribution in [0.5, 0.6) is 11.5 Å². The van der Waals surface area contributed by atoms with E-state index in [0.717, 1.165) is 10.5 Å². The summed E-state index contributed by atoms with van der Waals surface area (Å²) in [6.07, 6.45) is -5.07. The Bertz CT molecular complexity index is 1360. The first-order valence-corrected chi connectivity index (χ1v) is 12.9. The van der Waals surface area contributed by atoms with Crippen molar-refractivity contribution in [1.82, 2.24) is 4.90 Å². The van der Waals surface area contributed by atoms with Gasteiger partial charge in [0.25, 0.3) is 11.8 Å². The summed E-state index contributed by atoms with van der Waals surface area (Å²) in [6.45, 7) is 0.0871. The lowest BCUT2D eigenvalue weighted by Gasteiger charge is -2.49. The van der Waals surface area contributed by atoms with Gasteiger partial charge in [0, 0.05) is 5.56 Å². The van der Waals surface area contributed by atoms with Crippen LogP contribution in [0.2, 0.25) is 10.0 Å². The molecular formula is C28H23Cl2NO8. The highest BCUT2D eigenvalue weighted by atomic mass is 35.5. The van der Waals surface area contributed by atoms with Crippen molar-refractivity contribution in [3.8, 4) is 11.5 Å². The van der Waals surface area contributed by atoms with E-state index in [-0.39, 0.29) is 27.8 Å². The number of fused-ring (bicyclic) bond motifs is 2. The number of amides is 2. The molecule has 9 nitrogen and oxygen atoms in total. The molecule has 2 saturated heterocycles. The first-order chi connectivity index (χ1) is 18.9.